The lowest BCUT2D eigenvalue weighted by Crippen LogP contribution is -2.17. The molecule has 5 nitrogen and oxygen atoms in total. The van der Waals surface area contributed by atoms with Gasteiger partial charge in [0.2, 0.25) is 11.9 Å². The van der Waals surface area contributed by atoms with Gasteiger partial charge in [0.25, 0.3) is 0 Å². The molecule has 0 saturated carbocycles. The number of benzene rings is 1. The zero-order valence-corrected chi connectivity index (χ0v) is 11.7. The number of nitrogens with zero attached hydrogens (tertiary/aromatic N) is 3. The van der Waals surface area contributed by atoms with E-state index < -0.39 is 0 Å². The fourth-order valence-corrected chi connectivity index (χ4v) is 1.91. The summed E-state index contributed by atoms with van der Waals surface area (Å²) in [4.78, 5) is 11.9. The number of hydrogen-bond donors (Lipinski definition) is 1. The van der Waals surface area contributed by atoms with Crippen LogP contribution in [0.4, 0.5) is 5.95 Å². The maximum absolute atomic E-state index is 11.9. The third-order valence-corrected chi connectivity index (χ3v) is 3.30. The van der Waals surface area contributed by atoms with Crippen molar-refractivity contribution in [2.45, 2.75) is 19.9 Å². The number of amides is 1. The van der Waals surface area contributed by atoms with Crippen LogP contribution < -0.4 is 5.32 Å². The minimum absolute atomic E-state index is 0.180. The summed E-state index contributed by atoms with van der Waals surface area (Å²) in [6.07, 6.45) is 1.77. The highest BCUT2D eigenvalue weighted by atomic mass is 35.5. The highest BCUT2D eigenvalue weighted by Crippen LogP contribution is 2.22. The molecule has 0 aliphatic rings. The van der Waals surface area contributed by atoms with Gasteiger partial charge in [0.1, 0.15) is 6.33 Å². The Hall–Kier alpha value is -1.59. The third-order valence-electron chi connectivity index (χ3n) is 2.56. The van der Waals surface area contributed by atoms with Crippen molar-refractivity contribution >= 4 is 35.1 Å². The first-order chi connectivity index (χ1) is 9.10. The molecule has 1 heterocycles. The molecule has 2 rings (SSSR count). The fraction of sp³-hybridized carbons (Fsp3) is 0.250. The SMILES string of the molecule is CCn1cnnc1NC(=O)Cc1ccc(Cl)c(Cl)c1. The maximum atomic E-state index is 11.9. The predicted octanol–water partition coefficient (Wildman–Crippen LogP) is 2.79. The molecule has 0 unspecified atom stereocenters. The highest BCUT2D eigenvalue weighted by molar-refractivity contribution is 6.42. The predicted molar refractivity (Wildman–Crippen MR) is 74.5 cm³/mol. The number of halogens is 2. The first-order valence-corrected chi connectivity index (χ1v) is 6.47. The molecule has 2 aromatic rings. The molecule has 7 heteroatoms. The summed E-state index contributed by atoms with van der Waals surface area (Å²) in [5.41, 5.74) is 0.787. The zero-order valence-electron chi connectivity index (χ0n) is 10.2. The van der Waals surface area contributed by atoms with Gasteiger partial charge in [0, 0.05) is 6.54 Å². The Kier molecular flexibility index (Phi) is 4.39. The number of carbonyl (C=O) groups excluding carboxylic acids is 1. The third kappa shape index (κ3) is 3.45. The van der Waals surface area contributed by atoms with Gasteiger partial charge in [-0.15, -0.1) is 10.2 Å². The molecule has 1 amide bonds. The summed E-state index contributed by atoms with van der Waals surface area (Å²) in [5.74, 6) is 0.258. The molecule has 0 saturated heterocycles. The number of nitrogens with one attached hydrogen (secondary N) is 1. The van der Waals surface area contributed by atoms with Crippen LogP contribution in [0.1, 0.15) is 12.5 Å². The largest absolute Gasteiger partial charge is 0.300 e. The summed E-state index contributed by atoms with van der Waals surface area (Å²) in [7, 11) is 0. The van der Waals surface area contributed by atoms with Crippen molar-refractivity contribution < 1.29 is 4.79 Å². The standard InChI is InChI=1S/C12H12Cl2N4O/c1-2-18-7-15-17-12(18)16-11(19)6-8-3-4-9(13)10(14)5-8/h3-5,7H,2,6H2,1H3,(H,16,17,19). The summed E-state index contributed by atoms with van der Waals surface area (Å²) in [6.45, 7) is 2.63. The minimum Gasteiger partial charge on any atom is -0.300 e. The topological polar surface area (TPSA) is 59.8 Å². The van der Waals surface area contributed by atoms with Gasteiger partial charge in [-0.1, -0.05) is 29.3 Å². The van der Waals surface area contributed by atoms with Crippen LogP contribution in [0, 0.1) is 0 Å². The van der Waals surface area contributed by atoms with Crippen LogP contribution in [0.3, 0.4) is 0 Å². The number of rotatable bonds is 4. The number of aryl methyl sites for hydroxylation is 1. The van der Waals surface area contributed by atoms with Crippen molar-refractivity contribution in [1.29, 1.82) is 0 Å². The Bertz CT molecular complexity index is 597. The molecule has 0 atom stereocenters. The smallest absolute Gasteiger partial charge is 0.231 e. The average molecular weight is 299 g/mol. The molecular weight excluding hydrogens is 287 g/mol. The van der Waals surface area contributed by atoms with Gasteiger partial charge in [-0.3, -0.25) is 10.1 Å². The molecule has 1 aromatic carbocycles. The molecule has 19 heavy (non-hydrogen) atoms. The molecule has 1 aromatic heterocycles. The van der Waals surface area contributed by atoms with Crippen molar-refractivity contribution in [2.24, 2.45) is 0 Å². The molecule has 0 spiro atoms. The van der Waals surface area contributed by atoms with Crippen molar-refractivity contribution in [3.63, 3.8) is 0 Å². The summed E-state index contributed by atoms with van der Waals surface area (Å²) < 4.78 is 1.74. The van der Waals surface area contributed by atoms with E-state index in [9.17, 15) is 4.79 Å². The Labute approximate surface area is 120 Å². The zero-order chi connectivity index (χ0) is 13.8. The van der Waals surface area contributed by atoms with Crippen LogP contribution in [0.15, 0.2) is 24.5 Å². The lowest BCUT2D eigenvalue weighted by molar-refractivity contribution is -0.115. The number of carbonyl (C=O) groups is 1. The average Bonchev–Trinajstić information content (AvgIpc) is 2.81. The van der Waals surface area contributed by atoms with E-state index in [0.717, 1.165) is 5.56 Å². The molecule has 0 fully saturated rings. The molecule has 100 valence electrons. The van der Waals surface area contributed by atoms with Crippen molar-refractivity contribution in [3.05, 3.63) is 40.1 Å². The number of aromatic nitrogens is 3. The summed E-state index contributed by atoms with van der Waals surface area (Å²) in [5, 5.41) is 11.2. The Morgan fingerprint density at radius 2 is 2.16 bits per heavy atom. The van der Waals surface area contributed by atoms with Crippen LogP contribution in [-0.4, -0.2) is 20.7 Å². The maximum Gasteiger partial charge on any atom is 0.231 e. The molecule has 1 N–H and O–H groups in total. The van der Waals surface area contributed by atoms with E-state index in [1.54, 1.807) is 29.1 Å². The van der Waals surface area contributed by atoms with E-state index >= 15 is 0 Å². The Morgan fingerprint density at radius 1 is 1.37 bits per heavy atom. The van der Waals surface area contributed by atoms with Gasteiger partial charge in [-0.25, -0.2) is 0 Å². The lowest BCUT2D eigenvalue weighted by atomic mass is 10.1. The van der Waals surface area contributed by atoms with Crippen LogP contribution in [0.5, 0.6) is 0 Å². The van der Waals surface area contributed by atoms with Crippen LogP contribution in [-0.2, 0) is 17.8 Å². The van der Waals surface area contributed by atoms with E-state index in [1.807, 2.05) is 6.92 Å². The highest BCUT2D eigenvalue weighted by Gasteiger charge is 2.09. The minimum atomic E-state index is -0.180. The van der Waals surface area contributed by atoms with Crippen molar-refractivity contribution in [2.75, 3.05) is 5.32 Å². The van der Waals surface area contributed by atoms with Gasteiger partial charge in [0.05, 0.1) is 16.5 Å². The Morgan fingerprint density at radius 3 is 2.84 bits per heavy atom. The van der Waals surface area contributed by atoms with E-state index in [4.69, 9.17) is 23.2 Å². The van der Waals surface area contributed by atoms with Gasteiger partial charge in [-0.05, 0) is 24.6 Å². The second kappa shape index (κ2) is 6.04. The van der Waals surface area contributed by atoms with Crippen LogP contribution in [0.2, 0.25) is 10.0 Å². The second-order valence-corrected chi connectivity index (χ2v) is 4.73. The quantitative estimate of drug-likeness (QED) is 0.944. The van der Waals surface area contributed by atoms with E-state index in [2.05, 4.69) is 15.5 Å². The number of hydrogen-bond acceptors (Lipinski definition) is 3. The van der Waals surface area contributed by atoms with Crippen molar-refractivity contribution in [1.82, 2.24) is 14.8 Å². The first-order valence-electron chi connectivity index (χ1n) is 5.71. The van der Waals surface area contributed by atoms with E-state index in [1.165, 1.54) is 0 Å². The fourth-order valence-electron chi connectivity index (χ4n) is 1.59. The number of anilines is 1. The van der Waals surface area contributed by atoms with E-state index in [0.29, 0.717) is 22.5 Å². The molecule has 0 aliphatic heterocycles. The van der Waals surface area contributed by atoms with Gasteiger partial charge < -0.3 is 4.57 Å². The van der Waals surface area contributed by atoms with Gasteiger partial charge >= 0.3 is 0 Å². The molecule has 0 aliphatic carbocycles. The van der Waals surface area contributed by atoms with Crippen LogP contribution >= 0.6 is 23.2 Å². The first kappa shape index (κ1) is 13.8. The van der Waals surface area contributed by atoms with E-state index in [-0.39, 0.29) is 12.3 Å². The second-order valence-electron chi connectivity index (χ2n) is 3.91. The van der Waals surface area contributed by atoms with Gasteiger partial charge in [0.15, 0.2) is 0 Å². The van der Waals surface area contributed by atoms with Gasteiger partial charge in [-0.2, -0.15) is 0 Å². The summed E-state index contributed by atoms with van der Waals surface area (Å²) in [6, 6.07) is 5.10. The lowest BCUT2D eigenvalue weighted by Gasteiger charge is -2.06. The Balaban J connectivity index is 2.03. The molecule has 0 radical (unpaired) electrons. The van der Waals surface area contributed by atoms with Crippen LogP contribution in [0.25, 0.3) is 0 Å². The molecular formula is C12H12Cl2N4O. The van der Waals surface area contributed by atoms with Crippen molar-refractivity contribution in [3.8, 4) is 0 Å². The summed E-state index contributed by atoms with van der Waals surface area (Å²) >= 11 is 11.7. The molecule has 0 bridgehead atoms. The normalized spacial score (nSPS) is 10.5. The monoisotopic (exact) mass is 298 g/mol.